The Hall–Kier alpha value is -1.78. The van der Waals surface area contributed by atoms with Gasteiger partial charge in [-0.3, -0.25) is 9.69 Å². The van der Waals surface area contributed by atoms with Crippen molar-refractivity contribution in [3.63, 3.8) is 0 Å². The van der Waals surface area contributed by atoms with Gasteiger partial charge in [-0.2, -0.15) is 0 Å². The van der Waals surface area contributed by atoms with Crippen molar-refractivity contribution in [3.05, 3.63) is 47.2 Å². The van der Waals surface area contributed by atoms with Gasteiger partial charge < -0.3 is 9.72 Å². The molecular formula is C21H25ClN2O2. The molecular weight excluding hydrogens is 348 g/mol. The predicted octanol–water partition coefficient (Wildman–Crippen LogP) is 3.60. The summed E-state index contributed by atoms with van der Waals surface area (Å²) >= 11 is 0. The second kappa shape index (κ2) is 6.14. The number of fused-ring (bicyclic) bond motifs is 3. The third kappa shape index (κ3) is 2.09. The van der Waals surface area contributed by atoms with Gasteiger partial charge in [0, 0.05) is 29.7 Å². The zero-order valence-electron chi connectivity index (χ0n) is 15.2. The smallest absolute Gasteiger partial charge is 0.319 e. The molecule has 1 aromatic carbocycles. The maximum absolute atomic E-state index is 13.2. The van der Waals surface area contributed by atoms with Gasteiger partial charge in [0.1, 0.15) is 5.41 Å². The predicted molar refractivity (Wildman–Crippen MR) is 105 cm³/mol. The number of rotatable bonds is 2. The molecule has 4 heterocycles. The Kier molecular flexibility index (Phi) is 4.16. The number of piperidine rings is 1. The molecule has 5 heteroatoms. The van der Waals surface area contributed by atoms with Crippen LogP contribution in [0.3, 0.4) is 0 Å². The summed E-state index contributed by atoms with van der Waals surface area (Å²) in [5.41, 5.74) is 4.36. The molecule has 0 spiro atoms. The summed E-state index contributed by atoms with van der Waals surface area (Å²) in [6.07, 6.45) is 5.25. The highest BCUT2D eigenvalue weighted by Gasteiger charge is 2.60. The van der Waals surface area contributed by atoms with Crippen molar-refractivity contribution in [3.8, 4) is 0 Å². The van der Waals surface area contributed by atoms with Crippen molar-refractivity contribution >= 4 is 29.3 Å². The molecule has 4 nitrogen and oxygen atoms in total. The van der Waals surface area contributed by atoms with Crippen LogP contribution in [-0.4, -0.2) is 42.1 Å². The zero-order chi connectivity index (χ0) is 17.2. The highest BCUT2D eigenvalue weighted by atomic mass is 35.5. The molecule has 4 atom stereocenters. The van der Waals surface area contributed by atoms with Gasteiger partial charge in [0.15, 0.2) is 0 Å². The summed E-state index contributed by atoms with van der Waals surface area (Å²) in [6, 6.07) is 8.56. The van der Waals surface area contributed by atoms with Gasteiger partial charge in [0.05, 0.1) is 13.2 Å². The minimum Gasteiger partial charge on any atom is -0.468 e. The van der Waals surface area contributed by atoms with E-state index >= 15 is 0 Å². The van der Waals surface area contributed by atoms with Crippen molar-refractivity contribution in [1.29, 1.82) is 0 Å². The van der Waals surface area contributed by atoms with Crippen LogP contribution in [0.2, 0.25) is 0 Å². The Morgan fingerprint density at radius 1 is 1.38 bits per heavy atom. The van der Waals surface area contributed by atoms with Gasteiger partial charge in [-0.1, -0.05) is 36.8 Å². The fourth-order valence-electron chi connectivity index (χ4n) is 5.71. The number of aromatic nitrogens is 1. The van der Waals surface area contributed by atoms with Crippen LogP contribution in [0.1, 0.15) is 31.0 Å². The van der Waals surface area contributed by atoms with Crippen LogP contribution >= 0.6 is 12.4 Å². The van der Waals surface area contributed by atoms with Crippen molar-refractivity contribution in [2.75, 3.05) is 20.2 Å². The number of methoxy groups -OCH3 is 1. The molecule has 4 aliphatic rings. The molecule has 1 aromatic heterocycles. The number of esters is 1. The van der Waals surface area contributed by atoms with Crippen molar-refractivity contribution < 1.29 is 9.53 Å². The number of H-pyrrole nitrogens is 1. The van der Waals surface area contributed by atoms with Gasteiger partial charge in [0.2, 0.25) is 0 Å². The molecule has 0 radical (unpaired) electrons. The van der Waals surface area contributed by atoms with E-state index in [4.69, 9.17) is 4.74 Å². The Morgan fingerprint density at radius 2 is 2.19 bits per heavy atom. The molecule has 0 saturated carbocycles. The first kappa shape index (κ1) is 17.6. The van der Waals surface area contributed by atoms with Crippen LogP contribution in [0.4, 0.5) is 0 Å². The molecule has 3 aliphatic heterocycles. The number of halogens is 1. The van der Waals surface area contributed by atoms with Crippen LogP contribution in [0.15, 0.2) is 35.9 Å². The second-order valence-electron chi connectivity index (χ2n) is 7.69. The quantitative estimate of drug-likeness (QED) is 0.647. The molecule has 1 saturated heterocycles. The number of nitrogens with one attached hydrogen (secondary N) is 1. The van der Waals surface area contributed by atoms with Gasteiger partial charge in [-0.15, -0.1) is 12.4 Å². The van der Waals surface area contributed by atoms with Gasteiger partial charge >= 0.3 is 5.97 Å². The van der Waals surface area contributed by atoms with E-state index in [-0.39, 0.29) is 24.4 Å². The number of carbonyl (C=O) groups excluding carboxylic acids is 1. The van der Waals surface area contributed by atoms with Crippen LogP contribution in [0.5, 0.6) is 0 Å². The minimum absolute atomic E-state index is 0. The third-order valence-electron chi connectivity index (χ3n) is 6.55. The largest absolute Gasteiger partial charge is 0.468 e. The average Bonchev–Trinajstić information content (AvgIpc) is 3.00. The fourth-order valence-corrected chi connectivity index (χ4v) is 5.71. The molecule has 2 aromatic rings. The van der Waals surface area contributed by atoms with Crippen LogP contribution in [0, 0.1) is 5.92 Å². The van der Waals surface area contributed by atoms with E-state index in [0.717, 1.165) is 43.6 Å². The molecule has 26 heavy (non-hydrogen) atoms. The maximum Gasteiger partial charge on any atom is 0.319 e. The lowest BCUT2D eigenvalue weighted by Gasteiger charge is -2.53. The highest BCUT2D eigenvalue weighted by Crippen LogP contribution is 2.52. The SMILES string of the molecule is CCC1=CC2CN3CCc4c([nH]c5ccccc45)C(C(=O)OC)(C2)C13.Cl. The maximum atomic E-state index is 13.2. The Balaban J connectivity index is 0.00000168. The first-order valence-corrected chi connectivity index (χ1v) is 9.32. The molecule has 6 rings (SSSR count). The Labute approximate surface area is 160 Å². The van der Waals surface area contributed by atoms with Gasteiger partial charge in [-0.05, 0) is 36.8 Å². The number of ether oxygens (including phenoxy) is 1. The van der Waals surface area contributed by atoms with E-state index in [9.17, 15) is 4.79 Å². The standard InChI is InChI=1S/C21H24N2O2.ClH/c1-3-14-10-13-11-21(20(24)25-2)18-16(8-9-23(12-13)19(14)21)15-6-4-5-7-17(15)22-18;/h4-7,10,13,19,22H,3,8-9,11-12H2,1-2H3;1H. The van der Waals surface area contributed by atoms with E-state index in [1.807, 2.05) is 0 Å². The van der Waals surface area contributed by atoms with E-state index < -0.39 is 5.41 Å². The monoisotopic (exact) mass is 372 g/mol. The molecule has 138 valence electrons. The van der Waals surface area contributed by atoms with Crippen molar-refractivity contribution in [2.45, 2.75) is 37.6 Å². The fraction of sp³-hybridized carbons (Fsp3) is 0.476. The lowest BCUT2D eigenvalue weighted by atomic mass is 9.60. The molecule has 1 N–H and O–H groups in total. The van der Waals surface area contributed by atoms with Crippen LogP contribution < -0.4 is 0 Å². The number of benzene rings is 1. The summed E-state index contributed by atoms with van der Waals surface area (Å²) in [6.45, 7) is 4.28. The average molecular weight is 373 g/mol. The van der Waals surface area contributed by atoms with Crippen molar-refractivity contribution in [1.82, 2.24) is 9.88 Å². The molecule has 4 bridgehead atoms. The first-order chi connectivity index (χ1) is 12.2. The summed E-state index contributed by atoms with van der Waals surface area (Å²) in [4.78, 5) is 19.4. The first-order valence-electron chi connectivity index (χ1n) is 9.32. The summed E-state index contributed by atoms with van der Waals surface area (Å²) < 4.78 is 5.41. The number of carbonyl (C=O) groups is 1. The Bertz CT molecular complexity index is 903. The lowest BCUT2D eigenvalue weighted by molar-refractivity contribution is -0.153. The number of aromatic amines is 1. The van der Waals surface area contributed by atoms with E-state index in [1.165, 1.54) is 23.6 Å². The minimum atomic E-state index is -0.595. The topological polar surface area (TPSA) is 45.3 Å². The molecule has 4 unspecified atom stereocenters. The zero-order valence-corrected chi connectivity index (χ0v) is 16.1. The van der Waals surface area contributed by atoms with E-state index in [2.05, 4.69) is 47.1 Å². The van der Waals surface area contributed by atoms with E-state index in [0.29, 0.717) is 5.92 Å². The number of para-hydroxylation sites is 1. The van der Waals surface area contributed by atoms with Gasteiger partial charge in [0.25, 0.3) is 0 Å². The lowest BCUT2D eigenvalue weighted by Crippen LogP contribution is -2.63. The summed E-state index contributed by atoms with van der Waals surface area (Å²) in [5, 5.41) is 1.26. The summed E-state index contributed by atoms with van der Waals surface area (Å²) in [5.74, 6) is 0.345. The second-order valence-corrected chi connectivity index (χ2v) is 7.69. The number of hydrogen-bond donors (Lipinski definition) is 1. The molecule has 1 fully saturated rings. The Morgan fingerprint density at radius 3 is 2.96 bits per heavy atom. The normalized spacial score (nSPS) is 31.6. The third-order valence-corrected chi connectivity index (χ3v) is 6.55. The number of nitrogens with zero attached hydrogens (tertiary/aromatic N) is 1. The van der Waals surface area contributed by atoms with E-state index in [1.54, 1.807) is 0 Å². The number of hydrogen-bond acceptors (Lipinski definition) is 3. The van der Waals surface area contributed by atoms with Crippen LogP contribution in [0.25, 0.3) is 10.9 Å². The summed E-state index contributed by atoms with van der Waals surface area (Å²) in [7, 11) is 1.53. The van der Waals surface area contributed by atoms with Gasteiger partial charge in [-0.25, -0.2) is 0 Å². The molecule has 0 amide bonds. The van der Waals surface area contributed by atoms with Crippen molar-refractivity contribution in [2.24, 2.45) is 5.92 Å². The van der Waals surface area contributed by atoms with Crippen LogP contribution in [-0.2, 0) is 21.4 Å². The highest BCUT2D eigenvalue weighted by molar-refractivity contribution is 5.92. The molecule has 1 aliphatic carbocycles.